The van der Waals surface area contributed by atoms with E-state index in [4.69, 9.17) is 10.7 Å². The van der Waals surface area contributed by atoms with Gasteiger partial charge in [0, 0.05) is 16.2 Å². The highest BCUT2D eigenvalue weighted by Crippen LogP contribution is 2.30. The van der Waals surface area contributed by atoms with Gasteiger partial charge in [0.15, 0.2) is 0 Å². The molecular formula is C14H13ClO2S. The maximum absolute atomic E-state index is 11.6. The smallest absolute Gasteiger partial charge is 0.207 e. The topological polar surface area (TPSA) is 34.1 Å². The van der Waals surface area contributed by atoms with E-state index >= 15 is 0 Å². The molecule has 0 radical (unpaired) electrons. The summed E-state index contributed by atoms with van der Waals surface area (Å²) in [5, 5.41) is 0. The monoisotopic (exact) mass is 280 g/mol. The SMILES string of the molecule is Cc1cc(C)cc(-c2ccccc2S(=O)(=O)Cl)c1. The number of aryl methyl sites for hydroxylation is 2. The molecule has 0 spiro atoms. The van der Waals surface area contributed by atoms with Crippen molar-refractivity contribution in [2.24, 2.45) is 0 Å². The molecule has 4 heteroatoms. The Kier molecular flexibility index (Phi) is 3.46. The van der Waals surface area contributed by atoms with E-state index in [2.05, 4.69) is 0 Å². The van der Waals surface area contributed by atoms with Crippen molar-refractivity contribution in [2.45, 2.75) is 18.7 Å². The van der Waals surface area contributed by atoms with Gasteiger partial charge in [0.25, 0.3) is 9.05 Å². The van der Waals surface area contributed by atoms with Crippen LogP contribution in [-0.4, -0.2) is 8.42 Å². The van der Waals surface area contributed by atoms with Gasteiger partial charge in [0.2, 0.25) is 0 Å². The van der Waals surface area contributed by atoms with E-state index < -0.39 is 9.05 Å². The van der Waals surface area contributed by atoms with Crippen molar-refractivity contribution in [1.29, 1.82) is 0 Å². The van der Waals surface area contributed by atoms with Gasteiger partial charge >= 0.3 is 0 Å². The average Bonchev–Trinajstić information content (AvgIpc) is 2.26. The first-order valence-corrected chi connectivity index (χ1v) is 7.81. The Morgan fingerprint density at radius 3 is 2.06 bits per heavy atom. The predicted octanol–water partition coefficient (Wildman–Crippen LogP) is 3.90. The molecule has 0 N–H and O–H groups in total. The third-order valence-electron chi connectivity index (χ3n) is 2.68. The van der Waals surface area contributed by atoms with Crippen molar-refractivity contribution in [3.63, 3.8) is 0 Å². The Hall–Kier alpha value is -1.32. The molecule has 94 valence electrons. The van der Waals surface area contributed by atoms with Crippen molar-refractivity contribution in [3.8, 4) is 11.1 Å². The second-order valence-electron chi connectivity index (χ2n) is 4.31. The van der Waals surface area contributed by atoms with Crippen LogP contribution in [0.5, 0.6) is 0 Å². The van der Waals surface area contributed by atoms with Crippen molar-refractivity contribution in [3.05, 3.63) is 53.6 Å². The van der Waals surface area contributed by atoms with Crippen LogP contribution < -0.4 is 0 Å². The number of halogens is 1. The molecule has 2 aromatic carbocycles. The van der Waals surface area contributed by atoms with E-state index in [0.717, 1.165) is 16.7 Å². The fourth-order valence-electron chi connectivity index (χ4n) is 2.05. The lowest BCUT2D eigenvalue weighted by Crippen LogP contribution is -1.95. The fourth-order valence-corrected chi connectivity index (χ4v) is 3.14. The summed E-state index contributed by atoms with van der Waals surface area (Å²) in [5.41, 5.74) is 3.69. The van der Waals surface area contributed by atoms with Gasteiger partial charge in [-0.3, -0.25) is 0 Å². The molecule has 0 fully saturated rings. The predicted molar refractivity (Wildman–Crippen MR) is 74.4 cm³/mol. The summed E-state index contributed by atoms with van der Waals surface area (Å²) in [6.07, 6.45) is 0. The van der Waals surface area contributed by atoms with Gasteiger partial charge in [-0.25, -0.2) is 8.42 Å². The molecule has 0 aliphatic carbocycles. The normalized spacial score (nSPS) is 11.5. The molecular weight excluding hydrogens is 268 g/mol. The summed E-state index contributed by atoms with van der Waals surface area (Å²) in [7, 11) is 1.73. The zero-order valence-electron chi connectivity index (χ0n) is 10.1. The van der Waals surface area contributed by atoms with E-state index in [1.54, 1.807) is 18.2 Å². The van der Waals surface area contributed by atoms with Gasteiger partial charge < -0.3 is 0 Å². The Balaban J connectivity index is 2.72. The summed E-state index contributed by atoms with van der Waals surface area (Å²) in [6.45, 7) is 3.96. The molecule has 0 aliphatic heterocycles. The second kappa shape index (κ2) is 4.75. The molecule has 0 atom stereocenters. The molecule has 0 saturated heterocycles. The van der Waals surface area contributed by atoms with Crippen LogP contribution in [0.2, 0.25) is 0 Å². The van der Waals surface area contributed by atoms with Crippen molar-refractivity contribution < 1.29 is 8.42 Å². The minimum absolute atomic E-state index is 0.150. The maximum atomic E-state index is 11.6. The van der Waals surface area contributed by atoms with Crippen LogP contribution >= 0.6 is 10.7 Å². The number of hydrogen-bond donors (Lipinski definition) is 0. The number of benzene rings is 2. The Morgan fingerprint density at radius 2 is 1.50 bits per heavy atom. The van der Waals surface area contributed by atoms with E-state index in [1.165, 1.54) is 6.07 Å². The van der Waals surface area contributed by atoms with Crippen LogP contribution in [0.1, 0.15) is 11.1 Å². The maximum Gasteiger partial charge on any atom is 0.261 e. The molecule has 0 heterocycles. The van der Waals surface area contributed by atoms with Gasteiger partial charge in [-0.2, -0.15) is 0 Å². The van der Waals surface area contributed by atoms with E-state index in [1.807, 2.05) is 32.0 Å². The summed E-state index contributed by atoms with van der Waals surface area (Å²) in [6, 6.07) is 12.7. The zero-order chi connectivity index (χ0) is 13.3. The molecule has 0 aromatic heterocycles. The quantitative estimate of drug-likeness (QED) is 0.782. The van der Waals surface area contributed by atoms with E-state index in [0.29, 0.717) is 5.56 Å². The van der Waals surface area contributed by atoms with E-state index in [9.17, 15) is 8.42 Å². The number of hydrogen-bond acceptors (Lipinski definition) is 2. The first-order valence-electron chi connectivity index (χ1n) is 5.50. The van der Waals surface area contributed by atoms with Crippen molar-refractivity contribution in [1.82, 2.24) is 0 Å². The zero-order valence-corrected chi connectivity index (χ0v) is 11.7. The summed E-state index contributed by atoms with van der Waals surface area (Å²) in [5.74, 6) is 0. The Bertz CT molecular complexity index is 670. The lowest BCUT2D eigenvalue weighted by Gasteiger charge is -2.09. The standard InChI is InChI=1S/C14H13ClO2S/c1-10-7-11(2)9-12(8-10)13-5-3-4-6-14(13)18(15,16)17/h3-9H,1-2H3. The molecule has 2 rings (SSSR count). The number of rotatable bonds is 2. The first-order chi connectivity index (χ1) is 8.38. The first kappa shape index (κ1) is 13.1. The highest BCUT2D eigenvalue weighted by molar-refractivity contribution is 8.13. The molecule has 0 amide bonds. The molecule has 2 aromatic rings. The highest BCUT2D eigenvalue weighted by Gasteiger charge is 2.16. The van der Waals surface area contributed by atoms with Gasteiger partial charge in [-0.05, 0) is 25.5 Å². The summed E-state index contributed by atoms with van der Waals surface area (Å²) in [4.78, 5) is 0.150. The highest BCUT2D eigenvalue weighted by atomic mass is 35.7. The lowest BCUT2D eigenvalue weighted by atomic mass is 10.0. The van der Waals surface area contributed by atoms with Crippen molar-refractivity contribution in [2.75, 3.05) is 0 Å². The molecule has 0 aliphatic rings. The van der Waals surface area contributed by atoms with Crippen LogP contribution in [0.25, 0.3) is 11.1 Å². The molecule has 0 unspecified atom stereocenters. The summed E-state index contributed by atoms with van der Waals surface area (Å²) >= 11 is 0. The average molecular weight is 281 g/mol. The van der Waals surface area contributed by atoms with Gasteiger partial charge in [-0.15, -0.1) is 0 Å². The fraction of sp³-hybridized carbons (Fsp3) is 0.143. The summed E-state index contributed by atoms with van der Waals surface area (Å²) < 4.78 is 23.1. The molecule has 0 bridgehead atoms. The van der Waals surface area contributed by atoms with Crippen LogP contribution in [0.3, 0.4) is 0 Å². The van der Waals surface area contributed by atoms with Crippen LogP contribution in [0.15, 0.2) is 47.4 Å². The van der Waals surface area contributed by atoms with Gasteiger partial charge in [0.05, 0.1) is 4.90 Å². The van der Waals surface area contributed by atoms with Gasteiger partial charge in [-0.1, -0.05) is 47.5 Å². The molecule has 18 heavy (non-hydrogen) atoms. The van der Waals surface area contributed by atoms with Gasteiger partial charge in [0.1, 0.15) is 0 Å². The Morgan fingerprint density at radius 1 is 0.944 bits per heavy atom. The Labute approximate surface area is 112 Å². The van der Waals surface area contributed by atoms with E-state index in [-0.39, 0.29) is 4.90 Å². The minimum Gasteiger partial charge on any atom is -0.207 e. The van der Waals surface area contributed by atoms with Crippen LogP contribution in [0, 0.1) is 13.8 Å². The third-order valence-corrected chi connectivity index (χ3v) is 4.06. The largest absolute Gasteiger partial charge is 0.261 e. The van der Waals surface area contributed by atoms with Crippen LogP contribution in [0.4, 0.5) is 0 Å². The van der Waals surface area contributed by atoms with Crippen LogP contribution in [-0.2, 0) is 9.05 Å². The minimum atomic E-state index is -3.74. The second-order valence-corrected chi connectivity index (χ2v) is 6.84. The van der Waals surface area contributed by atoms with Crippen molar-refractivity contribution >= 4 is 19.7 Å². The molecule has 0 saturated carbocycles. The third kappa shape index (κ3) is 2.74. The lowest BCUT2D eigenvalue weighted by molar-refractivity contribution is 0.610. The molecule has 2 nitrogen and oxygen atoms in total.